The van der Waals surface area contributed by atoms with E-state index in [4.69, 9.17) is 0 Å². The largest absolute Gasteiger partial charge is 0.481 e. The molecule has 2 atom stereocenters. The third-order valence-electron chi connectivity index (χ3n) is 8.46. The zero-order valence-corrected chi connectivity index (χ0v) is 28.9. The van der Waals surface area contributed by atoms with Gasteiger partial charge in [0.05, 0.1) is 18.0 Å². The van der Waals surface area contributed by atoms with E-state index in [1.54, 1.807) is 39.8 Å². The van der Waals surface area contributed by atoms with E-state index in [9.17, 15) is 37.1 Å². The molecule has 0 spiro atoms. The highest BCUT2D eigenvalue weighted by molar-refractivity contribution is 5.82. The van der Waals surface area contributed by atoms with E-state index in [2.05, 4.69) is 5.32 Å². The number of halogens is 6. The predicted octanol–water partition coefficient (Wildman–Crippen LogP) is 7.60. The van der Waals surface area contributed by atoms with Crippen LogP contribution in [-0.4, -0.2) is 47.1 Å². The fourth-order valence-electron chi connectivity index (χ4n) is 6.21. The van der Waals surface area contributed by atoms with Gasteiger partial charge in [0.2, 0.25) is 5.91 Å². The maximum atomic E-state index is 16.5. The number of carbonyl (C=O) groups is 2. The fourth-order valence-corrected chi connectivity index (χ4v) is 6.21. The molecule has 49 heavy (non-hydrogen) atoms. The van der Waals surface area contributed by atoms with Crippen molar-refractivity contribution in [2.24, 2.45) is 5.92 Å². The molecule has 13 heteroatoms. The van der Waals surface area contributed by atoms with Crippen LogP contribution in [0, 0.1) is 51.1 Å². The second-order valence-electron chi connectivity index (χ2n) is 13.3. The molecule has 0 radical (unpaired) electrons. The lowest BCUT2D eigenvalue weighted by Crippen LogP contribution is -2.41. The Morgan fingerprint density at radius 2 is 1.55 bits per heavy atom. The fraction of sp³-hybridized carbons (Fsp3) is 0.472. The number of aromatic nitrogens is 1. The van der Waals surface area contributed by atoms with Gasteiger partial charge in [-0.3, -0.25) is 14.4 Å². The third kappa shape index (κ3) is 9.11. The number of alkyl halides is 3. The monoisotopic (exact) mass is 695 g/mol. The Bertz CT molecular complexity index is 1780. The average Bonchev–Trinajstić information content (AvgIpc) is 2.97. The van der Waals surface area contributed by atoms with Crippen LogP contribution in [0.1, 0.15) is 84.1 Å². The van der Waals surface area contributed by atoms with Gasteiger partial charge in [0.15, 0.2) is 0 Å². The number of aryl methyl sites for hydroxylation is 4. The maximum Gasteiger partial charge on any atom is 0.416 e. The minimum absolute atomic E-state index is 0.0636. The minimum Gasteiger partial charge on any atom is -0.481 e. The lowest BCUT2D eigenvalue weighted by Gasteiger charge is -2.27. The topological polar surface area (TPSA) is 91.6 Å². The van der Waals surface area contributed by atoms with Crippen LogP contribution in [0.5, 0.6) is 0 Å². The van der Waals surface area contributed by atoms with Crippen LogP contribution >= 0.6 is 0 Å². The molecule has 1 unspecified atom stereocenters. The van der Waals surface area contributed by atoms with Crippen molar-refractivity contribution in [1.29, 1.82) is 0 Å². The highest BCUT2D eigenvalue weighted by atomic mass is 19.4. The summed E-state index contributed by atoms with van der Waals surface area (Å²) in [4.78, 5) is 40.9. The van der Waals surface area contributed by atoms with Crippen LogP contribution in [-0.2, 0) is 22.2 Å². The summed E-state index contributed by atoms with van der Waals surface area (Å²) in [5, 5.41) is 12.1. The summed E-state index contributed by atoms with van der Waals surface area (Å²) in [7, 11) is 3.51. The number of rotatable bonds is 13. The SMILES string of the molecule is Cc1cc(C)c(-c2cc(C)c(F)c([C@H](CC(=O)O)NC(=O)C(CC(C)C)n3cc(CCCN(C)C)c(C(F)(F)F)cc3=O)c2F)c(C)c1F. The Morgan fingerprint density at radius 1 is 0.939 bits per heavy atom. The first kappa shape index (κ1) is 39.3. The molecule has 0 fully saturated rings. The number of nitrogens with one attached hydrogen (secondary N) is 1. The lowest BCUT2D eigenvalue weighted by molar-refractivity contribution is -0.139. The van der Waals surface area contributed by atoms with Gasteiger partial charge < -0.3 is 19.9 Å². The number of carboxylic acids is 1. The Balaban J connectivity index is 2.20. The summed E-state index contributed by atoms with van der Waals surface area (Å²) in [5.41, 5.74) is -2.53. The molecule has 0 aliphatic carbocycles. The molecule has 0 aliphatic heterocycles. The molecule has 1 amide bonds. The molecule has 0 saturated carbocycles. The van der Waals surface area contributed by atoms with Gasteiger partial charge in [-0.05, 0) is 113 Å². The molecule has 0 saturated heterocycles. The molecular weight excluding hydrogens is 652 g/mol. The van der Waals surface area contributed by atoms with E-state index in [0.717, 1.165) is 10.8 Å². The quantitative estimate of drug-likeness (QED) is 0.180. The van der Waals surface area contributed by atoms with Gasteiger partial charge in [-0.2, -0.15) is 13.2 Å². The summed E-state index contributed by atoms with van der Waals surface area (Å²) < 4.78 is 90.0. The summed E-state index contributed by atoms with van der Waals surface area (Å²) >= 11 is 0. The van der Waals surface area contributed by atoms with Gasteiger partial charge in [0, 0.05) is 23.4 Å². The second kappa shape index (κ2) is 15.6. The van der Waals surface area contributed by atoms with Crippen LogP contribution in [0.4, 0.5) is 26.3 Å². The Kier molecular flexibility index (Phi) is 12.5. The van der Waals surface area contributed by atoms with Gasteiger partial charge >= 0.3 is 12.1 Å². The summed E-state index contributed by atoms with van der Waals surface area (Å²) in [6, 6.07) is -0.153. The number of benzene rings is 2. The van der Waals surface area contributed by atoms with Crippen LogP contribution < -0.4 is 10.9 Å². The zero-order chi connectivity index (χ0) is 37.1. The van der Waals surface area contributed by atoms with E-state index >= 15 is 8.78 Å². The first-order valence-corrected chi connectivity index (χ1v) is 15.9. The first-order chi connectivity index (χ1) is 22.6. The van der Waals surface area contributed by atoms with E-state index in [1.807, 2.05) is 0 Å². The van der Waals surface area contributed by atoms with E-state index in [0.29, 0.717) is 30.2 Å². The van der Waals surface area contributed by atoms with Gasteiger partial charge in [-0.1, -0.05) is 19.9 Å². The van der Waals surface area contributed by atoms with Crippen molar-refractivity contribution in [2.75, 3.05) is 20.6 Å². The van der Waals surface area contributed by atoms with Crippen molar-refractivity contribution in [2.45, 2.75) is 85.5 Å². The van der Waals surface area contributed by atoms with Crippen molar-refractivity contribution >= 4 is 11.9 Å². The standard InChI is InChI=1S/C36H43F6N3O4/c1-18(2)12-27(45-17-23(10-9-11-44(7)8)25(15-28(45)46)36(40,41)42)35(49)43-26(16-29(47)48)31-33(38)21(5)14-24(34(31)39)30-19(3)13-20(4)32(37)22(30)6/h13-15,17-18,26-27H,9-12,16H2,1-8H3,(H,43,49)(H,47,48)/t26-,27?/m0/s1. The van der Waals surface area contributed by atoms with Gasteiger partial charge in [-0.15, -0.1) is 0 Å². The highest BCUT2D eigenvalue weighted by Crippen LogP contribution is 2.38. The second-order valence-corrected chi connectivity index (χ2v) is 13.3. The number of hydrogen-bond acceptors (Lipinski definition) is 4. The number of pyridine rings is 1. The van der Waals surface area contributed by atoms with Crippen molar-refractivity contribution in [1.82, 2.24) is 14.8 Å². The van der Waals surface area contributed by atoms with Crippen molar-refractivity contribution < 1.29 is 41.0 Å². The lowest BCUT2D eigenvalue weighted by atomic mass is 9.88. The molecule has 3 rings (SSSR count). The van der Waals surface area contributed by atoms with E-state index in [-0.39, 0.29) is 46.6 Å². The van der Waals surface area contributed by atoms with Crippen LogP contribution in [0.2, 0.25) is 0 Å². The van der Waals surface area contributed by atoms with E-state index < -0.39 is 70.7 Å². The van der Waals surface area contributed by atoms with Crippen LogP contribution in [0.3, 0.4) is 0 Å². The number of hydrogen-bond donors (Lipinski definition) is 2. The van der Waals surface area contributed by atoms with Gasteiger partial charge in [-0.25, -0.2) is 13.2 Å². The van der Waals surface area contributed by atoms with Crippen LogP contribution in [0.25, 0.3) is 11.1 Å². The molecule has 0 aliphatic rings. The van der Waals surface area contributed by atoms with Crippen molar-refractivity contribution in [3.05, 3.63) is 91.1 Å². The molecule has 7 nitrogen and oxygen atoms in total. The summed E-state index contributed by atoms with van der Waals surface area (Å²) in [6.45, 7) is 9.78. The minimum atomic E-state index is -4.84. The van der Waals surface area contributed by atoms with Crippen LogP contribution in [0.15, 0.2) is 29.2 Å². The smallest absolute Gasteiger partial charge is 0.416 e. The zero-order valence-electron chi connectivity index (χ0n) is 28.9. The molecule has 2 N–H and O–H groups in total. The highest BCUT2D eigenvalue weighted by Gasteiger charge is 2.36. The van der Waals surface area contributed by atoms with Gasteiger partial charge in [0.1, 0.15) is 23.5 Å². The maximum absolute atomic E-state index is 16.5. The molecule has 2 aromatic carbocycles. The van der Waals surface area contributed by atoms with Crippen molar-refractivity contribution in [3.63, 3.8) is 0 Å². The van der Waals surface area contributed by atoms with E-state index in [1.165, 1.54) is 32.9 Å². The number of carboxylic acid groups (broad SMARTS) is 1. The average molecular weight is 696 g/mol. The van der Waals surface area contributed by atoms with Crippen molar-refractivity contribution in [3.8, 4) is 11.1 Å². The molecular formula is C36H43F6N3O4. The molecule has 1 heterocycles. The predicted molar refractivity (Wildman–Crippen MR) is 175 cm³/mol. The van der Waals surface area contributed by atoms with Gasteiger partial charge in [0.25, 0.3) is 5.56 Å². The number of aliphatic carboxylic acids is 1. The Hall–Kier alpha value is -4.13. The molecule has 3 aromatic rings. The number of carbonyl (C=O) groups excluding carboxylic acids is 1. The Labute approximate surface area is 281 Å². The number of amides is 1. The summed E-state index contributed by atoms with van der Waals surface area (Å²) in [6.07, 6.45) is -4.65. The normalized spacial score (nSPS) is 13.2. The third-order valence-corrected chi connectivity index (χ3v) is 8.46. The molecule has 0 bridgehead atoms. The molecule has 1 aromatic heterocycles. The summed E-state index contributed by atoms with van der Waals surface area (Å²) in [5.74, 6) is -5.77. The molecule has 268 valence electrons. The Morgan fingerprint density at radius 3 is 2.10 bits per heavy atom. The number of nitrogens with zero attached hydrogens (tertiary/aromatic N) is 2. The first-order valence-electron chi connectivity index (χ1n) is 15.9.